The maximum absolute atomic E-state index is 11.2. The average Bonchev–Trinajstić information content (AvgIpc) is 2.31. The lowest BCUT2D eigenvalue weighted by Crippen LogP contribution is -2.01. The third-order valence-corrected chi connectivity index (χ3v) is 2.67. The summed E-state index contributed by atoms with van der Waals surface area (Å²) in [5, 5.41) is 10.9. The Kier molecular flexibility index (Phi) is 5.23. The Hall–Kier alpha value is -2.17. The van der Waals surface area contributed by atoms with Crippen molar-refractivity contribution in [1.29, 1.82) is 0 Å². The molecule has 0 fully saturated rings. The summed E-state index contributed by atoms with van der Waals surface area (Å²) in [7, 11) is 0. The van der Waals surface area contributed by atoms with E-state index in [1.54, 1.807) is 32.1 Å². The lowest BCUT2D eigenvalue weighted by Gasteiger charge is -2.03. The van der Waals surface area contributed by atoms with E-state index in [4.69, 9.17) is 4.74 Å². The van der Waals surface area contributed by atoms with E-state index in [2.05, 4.69) is 0 Å². The van der Waals surface area contributed by atoms with Crippen molar-refractivity contribution in [3.05, 3.63) is 45.0 Å². The Morgan fingerprint density at radius 2 is 2.05 bits per heavy atom. The number of rotatable bonds is 5. The number of hydrogen-bond donors (Lipinski definition) is 0. The number of ether oxygens (including phenoxy) is 1. The van der Waals surface area contributed by atoms with Gasteiger partial charge in [-0.2, -0.15) is 0 Å². The number of nitro groups is 1. The van der Waals surface area contributed by atoms with E-state index in [1.165, 1.54) is 6.07 Å². The standard InChI is InChI=1S/C14H17NO4/c1-4-19-14(16)7-5-6-12-9-13(15(17)18)11(3)8-10(12)2/h5-6,8-9H,4,7H2,1-3H3. The molecule has 1 aromatic carbocycles. The van der Waals surface area contributed by atoms with Crippen LogP contribution in [0.15, 0.2) is 18.2 Å². The van der Waals surface area contributed by atoms with Gasteiger partial charge >= 0.3 is 5.97 Å². The molecule has 5 heteroatoms. The van der Waals surface area contributed by atoms with Gasteiger partial charge in [0.1, 0.15) is 0 Å². The minimum Gasteiger partial charge on any atom is -0.466 e. The highest BCUT2D eigenvalue weighted by Crippen LogP contribution is 2.23. The highest BCUT2D eigenvalue weighted by atomic mass is 16.6. The Morgan fingerprint density at radius 3 is 2.63 bits per heavy atom. The third-order valence-electron chi connectivity index (χ3n) is 2.67. The van der Waals surface area contributed by atoms with Gasteiger partial charge in [0.25, 0.3) is 5.69 Å². The molecule has 1 rings (SSSR count). The van der Waals surface area contributed by atoms with Crippen LogP contribution >= 0.6 is 0 Å². The fourth-order valence-electron chi connectivity index (χ4n) is 1.74. The first-order valence-electron chi connectivity index (χ1n) is 6.03. The van der Waals surface area contributed by atoms with E-state index in [0.717, 1.165) is 11.1 Å². The maximum Gasteiger partial charge on any atom is 0.309 e. The number of benzene rings is 1. The molecule has 0 saturated heterocycles. The van der Waals surface area contributed by atoms with Gasteiger partial charge in [0.15, 0.2) is 0 Å². The van der Waals surface area contributed by atoms with Crippen molar-refractivity contribution in [2.45, 2.75) is 27.2 Å². The van der Waals surface area contributed by atoms with Gasteiger partial charge < -0.3 is 4.74 Å². The number of nitrogens with zero attached hydrogens (tertiary/aromatic N) is 1. The van der Waals surface area contributed by atoms with E-state index in [0.29, 0.717) is 12.2 Å². The van der Waals surface area contributed by atoms with E-state index >= 15 is 0 Å². The van der Waals surface area contributed by atoms with Gasteiger partial charge in [-0.1, -0.05) is 12.2 Å². The number of aryl methyl sites for hydroxylation is 2. The Labute approximate surface area is 112 Å². The molecule has 0 bridgehead atoms. The van der Waals surface area contributed by atoms with Gasteiger partial charge in [0.05, 0.1) is 18.0 Å². The largest absolute Gasteiger partial charge is 0.466 e. The second-order valence-corrected chi connectivity index (χ2v) is 4.16. The van der Waals surface area contributed by atoms with Crippen LogP contribution in [-0.2, 0) is 9.53 Å². The predicted molar refractivity (Wildman–Crippen MR) is 72.9 cm³/mol. The van der Waals surface area contributed by atoms with Crippen molar-refractivity contribution in [3.63, 3.8) is 0 Å². The molecule has 0 saturated carbocycles. The topological polar surface area (TPSA) is 69.4 Å². The molecule has 0 aliphatic heterocycles. The first-order valence-corrected chi connectivity index (χ1v) is 6.03. The van der Waals surface area contributed by atoms with Crippen molar-refractivity contribution in [3.8, 4) is 0 Å². The van der Waals surface area contributed by atoms with Crippen molar-refractivity contribution >= 4 is 17.7 Å². The zero-order valence-electron chi connectivity index (χ0n) is 11.3. The summed E-state index contributed by atoms with van der Waals surface area (Å²) in [6.07, 6.45) is 3.52. The highest BCUT2D eigenvalue weighted by Gasteiger charge is 2.12. The van der Waals surface area contributed by atoms with E-state index < -0.39 is 4.92 Å². The molecule has 0 heterocycles. The molecular formula is C14H17NO4. The van der Waals surface area contributed by atoms with Gasteiger partial charge in [0, 0.05) is 11.6 Å². The van der Waals surface area contributed by atoms with Gasteiger partial charge in [-0.25, -0.2) is 0 Å². The summed E-state index contributed by atoms with van der Waals surface area (Å²) < 4.78 is 4.79. The molecule has 0 aliphatic carbocycles. The lowest BCUT2D eigenvalue weighted by atomic mass is 10.0. The van der Waals surface area contributed by atoms with Gasteiger partial charge in [-0.15, -0.1) is 0 Å². The highest BCUT2D eigenvalue weighted by molar-refractivity contribution is 5.73. The molecular weight excluding hydrogens is 246 g/mol. The molecule has 102 valence electrons. The Bertz CT molecular complexity index is 520. The van der Waals surface area contributed by atoms with Crippen LogP contribution in [0.1, 0.15) is 30.0 Å². The number of carbonyl (C=O) groups excluding carboxylic acids is 1. The fraction of sp³-hybridized carbons (Fsp3) is 0.357. The molecule has 0 unspecified atom stereocenters. The summed E-state index contributed by atoms with van der Waals surface area (Å²) in [5.41, 5.74) is 2.39. The first-order chi connectivity index (χ1) is 8.95. The van der Waals surface area contributed by atoms with Crippen LogP contribution in [0.25, 0.3) is 6.08 Å². The minimum absolute atomic E-state index is 0.0846. The van der Waals surface area contributed by atoms with Gasteiger partial charge in [-0.05, 0) is 38.0 Å². The number of carbonyl (C=O) groups is 1. The van der Waals surface area contributed by atoms with Crippen molar-refractivity contribution in [2.75, 3.05) is 6.61 Å². The van der Waals surface area contributed by atoms with Crippen LogP contribution in [0.3, 0.4) is 0 Å². The predicted octanol–water partition coefficient (Wildman–Crippen LogP) is 3.18. The maximum atomic E-state index is 11.2. The normalized spacial score (nSPS) is 10.7. The van der Waals surface area contributed by atoms with Crippen LogP contribution in [-0.4, -0.2) is 17.5 Å². The molecule has 0 aromatic heterocycles. The summed E-state index contributed by atoms with van der Waals surface area (Å²) in [5.74, 6) is -0.307. The number of nitro benzene ring substituents is 1. The van der Waals surface area contributed by atoms with Crippen molar-refractivity contribution in [2.24, 2.45) is 0 Å². The summed E-state index contributed by atoms with van der Waals surface area (Å²) in [6, 6.07) is 3.29. The number of esters is 1. The van der Waals surface area contributed by atoms with Crippen LogP contribution in [0.2, 0.25) is 0 Å². The van der Waals surface area contributed by atoms with E-state index in [9.17, 15) is 14.9 Å². The molecule has 0 N–H and O–H groups in total. The fourth-order valence-corrected chi connectivity index (χ4v) is 1.74. The van der Waals surface area contributed by atoms with E-state index in [1.807, 2.05) is 6.92 Å². The molecule has 0 amide bonds. The molecule has 0 atom stereocenters. The zero-order chi connectivity index (χ0) is 14.4. The average molecular weight is 263 g/mol. The second-order valence-electron chi connectivity index (χ2n) is 4.16. The molecule has 0 spiro atoms. The summed E-state index contributed by atoms with van der Waals surface area (Å²) in [4.78, 5) is 21.6. The zero-order valence-corrected chi connectivity index (χ0v) is 11.3. The molecule has 5 nitrogen and oxygen atoms in total. The second kappa shape index (κ2) is 6.68. The minimum atomic E-state index is -0.405. The SMILES string of the molecule is CCOC(=O)CC=Cc1cc([N+](=O)[O-])c(C)cc1C. The van der Waals surface area contributed by atoms with Crippen LogP contribution in [0.4, 0.5) is 5.69 Å². The number of hydrogen-bond acceptors (Lipinski definition) is 4. The third kappa shape index (κ3) is 4.21. The molecule has 1 aromatic rings. The lowest BCUT2D eigenvalue weighted by molar-refractivity contribution is -0.385. The smallest absolute Gasteiger partial charge is 0.309 e. The Balaban J connectivity index is 2.89. The quantitative estimate of drug-likeness (QED) is 0.464. The summed E-state index contributed by atoms with van der Waals surface area (Å²) >= 11 is 0. The van der Waals surface area contributed by atoms with Crippen molar-refractivity contribution in [1.82, 2.24) is 0 Å². The first kappa shape index (κ1) is 14.9. The van der Waals surface area contributed by atoms with Crippen molar-refractivity contribution < 1.29 is 14.5 Å². The van der Waals surface area contributed by atoms with Crippen LogP contribution in [0.5, 0.6) is 0 Å². The van der Waals surface area contributed by atoms with Crippen LogP contribution in [0, 0.1) is 24.0 Å². The monoisotopic (exact) mass is 263 g/mol. The summed E-state index contributed by atoms with van der Waals surface area (Å²) in [6.45, 7) is 5.68. The Morgan fingerprint density at radius 1 is 1.37 bits per heavy atom. The van der Waals surface area contributed by atoms with E-state index in [-0.39, 0.29) is 18.1 Å². The molecule has 0 radical (unpaired) electrons. The van der Waals surface area contributed by atoms with Crippen LogP contribution < -0.4 is 0 Å². The molecule has 19 heavy (non-hydrogen) atoms. The van der Waals surface area contributed by atoms with Gasteiger partial charge in [-0.3, -0.25) is 14.9 Å². The van der Waals surface area contributed by atoms with Gasteiger partial charge in [0.2, 0.25) is 0 Å². The molecule has 0 aliphatic rings.